The molecule has 2 N–H and O–H groups in total. The molecule has 1 aromatic heterocycles. The van der Waals surface area contributed by atoms with Crippen molar-refractivity contribution < 1.29 is 4.79 Å². The SMILES string of the molecule is NC(=O)Cn1cc(Cl)c(=O)c(Cl)c1. The van der Waals surface area contributed by atoms with Crippen molar-refractivity contribution >= 4 is 29.1 Å². The highest BCUT2D eigenvalue weighted by atomic mass is 35.5. The topological polar surface area (TPSA) is 65.1 Å². The number of nitrogens with two attached hydrogens (primary N) is 1. The van der Waals surface area contributed by atoms with Gasteiger partial charge < -0.3 is 10.3 Å². The first-order chi connectivity index (χ1) is 6.00. The summed E-state index contributed by atoms with van der Waals surface area (Å²) in [6.07, 6.45) is 2.61. The molecule has 0 fully saturated rings. The predicted octanol–water partition coefficient (Wildman–Crippen LogP) is 0.640. The van der Waals surface area contributed by atoms with Crippen LogP contribution in [0.5, 0.6) is 0 Å². The highest BCUT2D eigenvalue weighted by molar-refractivity contribution is 6.34. The number of carbonyl (C=O) groups excluding carboxylic acids is 1. The number of pyridine rings is 1. The number of aromatic nitrogens is 1. The molecule has 1 rings (SSSR count). The van der Waals surface area contributed by atoms with E-state index in [1.807, 2.05) is 0 Å². The summed E-state index contributed by atoms with van der Waals surface area (Å²) in [6.45, 7) is -0.0558. The number of carbonyl (C=O) groups is 1. The summed E-state index contributed by atoms with van der Waals surface area (Å²) in [5.41, 5.74) is 4.48. The summed E-state index contributed by atoms with van der Waals surface area (Å²) < 4.78 is 1.36. The normalized spacial score (nSPS) is 10.0. The Balaban J connectivity index is 3.13. The molecule has 0 spiro atoms. The van der Waals surface area contributed by atoms with Crippen LogP contribution in [-0.2, 0) is 11.3 Å². The average molecular weight is 221 g/mol. The Labute approximate surface area is 83.9 Å². The highest BCUT2D eigenvalue weighted by Crippen LogP contribution is 2.07. The standard InChI is InChI=1S/C7H6Cl2N2O2/c8-4-1-11(3-6(10)12)2-5(9)7(4)13/h1-2H,3H2,(H2,10,12). The van der Waals surface area contributed by atoms with E-state index in [1.54, 1.807) is 0 Å². The lowest BCUT2D eigenvalue weighted by Gasteiger charge is -2.03. The Bertz CT molecular complexity index is 374. The molecule has 0 saturated heterocycles. The van der Waals surface area contributed by atoms with Gasteiger partial charge in [-0.2, -0.15) is 0 Å². The van der Waals surface area contributed by atoms with Gasteiger partial charge in [0.1, 0.15) is 16.6 Å². The maximum atomic E-state index is 11.0. The molecule has 4 nitrogen and oxygen atoms in total. The minimum atomic E-state index is -0.532. The third-order valence-corrected chi connectivity index (χ3v) is 1.87. The quantitative estimate of drug-likeness (QED) is 0.796. The third-order valence-electron chi connectivity index (χ3n) is 1.33. The van der Waals surface area contributed by atoms with Crippen molar-refractivity contribution in [3.8, 4) is 0 Å². The van der Waals surface area contributed by atoms with E-state index in [0.717, 1.165) is 0 Å². The smallest absolute Gasteiger partial charge is 0.237 e. The van der Waals surface area contributed by atoms with Crippen molar-refractivity contribution in [3.05, 3.63) is 32.7 Å². The van der Waals surface area contributed by atoms with Gasteiger partial charge in [0.05, 0.1) is 0 Å². The van der Waals surface area contributed by atoms with E-state index in [2.05, 4.69) is 0 Å². The summed E-state index contributed by atoms with van der Waals surface area (Å²) in [5, 5.41) is -0.0671. The fraction of sp³-hybridized carbons (Fsp3) is 0.143. The van der Waals surface area contributed by atoms with Crippen molar-refractivity contribution in [3.63, 3.8) is 0 Å². The zero-order chi connectivity index (χ0) is 10.0. The molecule has 0 saturated carbocycles. The average Bonchev–Trinajstić information content (AvgIpc) is 1.98. The van der Waals surface area contributed by atoms with Gasteiger partial charge in [-0.1, -0.05) is 23.2 Å². The molecule has 70 valence electrons. The van der Waals surface area contributed by atoms with Gasteiger partial charge in [0.15, 0.2) is 0 Å². The first-order valence-corrected chi connectivity index (χ1v) is 4.09. The number of halogens is 2. The Morgan fingerprint density at radius 1 is 1.38 bits per heavy atom. The minimum Gasteiger partial charge on any atom is -0.368 e. The largest absolute Gasteiger partial charge is 0.368 e. The molecule has 13 heavy (non-hydrogen) atoms. The van der Waals surface area contributed by atoms with Crippen LogP contribution in [0.4, 0.5) is 0 Å². The third kappa shape index (κ3) is 2.47. The van der Waals surface area contributed by atoms with E-state index in [1.165, 1.54) is 17.0 Å². The van der Waals surface area contributed by atoms with E-state index >= 15 is 0 Å². The fourth-order valence-electron chi connectivity index (χ4n) is 0.831. The van der Waals surface area contributed by atoms with Crippen LogP contribution >= 0.6 is 23.2 Å². The first-order valence-electron chi connectivity index (χ1n) is 3.34. The molecule has 6 heteroatoms. The molecule has 0 atom stereocenters. The van der Waals surface area contributed by atoms with Gasteiger partial charge in [-0.3, -0.25) is 9.59 Å². The molecule has 0 aromatic carbocycles. The lowest BCUT2D eigenvalue weighted by atomic mass is 10.4. The van der Waals surface area contributed by atoms with Crippen LogP contribution < -0.4 is 11.2 Å². The Hall–Kier alpha value is -1.00. The van der Waals surface area contributed by atoms with Crippen LogP contribution in [0, 0.1) is 0 Å². The molecule has 0 radical (unpaired) electrons. The van der Waals surface area contributed by atoms with E-state index in [-0.39, 0.29) is 16.6 Å². The maximum Gasteiger partial charge on any atom is 0.237 e. The number of hydrogen-bond donors (Lipinski definition) is 1. The zero-order valence-corrected chi connectivity index (χ0v) is 7.97. The van der Waals surface area contributed by atoms with Gasteiger partial charge in [-0.25, -0.2) is 0 Å². The lowest BCUT2D eigenvalue weighted by molar-refractivity contribution is -0.118. The summed E-state index contributed by atoms with van der Waals surface area (Å²) in [7, 11) is 0. The van der Waals surface area contributed by atoms with Gasteiger partial charge in [0.25, 0.3) is 0 Å². The monoisotopic (exact) mass is 220 g/mol. The molecule has 0 aliphatic heterocycles. The van der Waals surface area contributed by atoms with Crippen LogP contribution in [0.2, 0.25) is 10.0 Å². The van der Waals surface area contributed by atoms with Crippen molar-refractivity contribution in [1.82, 2.24) is 4.57 Å². The number of amides is 1. The van der Waals surface area contributed by atoms with Crippen LogP contribution in [0.1, 0.15) is 0 Å². The van der Waals surface area contributed by atoms with Gasteiger partial charge in [0.2, 0.25) is 11.3 Å². The van der Waals surface area contributed by atoms with Crippen molar-refractivity contribution in [2.45, 2.75) is 6.54 Å². The number of nitrogens with zero attached hydrogens (tertiary/aromatic N) is 1. The van der Waals surface area contributed by atoms with Gasteiger partial charge >= 0.3 is 0 Å². The summed E-state index contributed by atoms with van der Waals surface area (Å²) >= 11 is 11.1. The molecule has 1 aromatic rings. The molecule has 0 unspecified atom stereocenters. The Morgan fingerprint density at radius 2 is 1.85 bits per heavy atom. The van der Waals surface area contributed by atoms with Crippen LogP contribution in [0.3, 0.4) is 0 Å². The van der Waals surface area contributed by atoms with Crippen molar-refractivity contribution in [1.29, 1.82) is 0 Å². The Kier molecular flexibility index (Phi) is 2.95. The number of rotatable bonds is 2. The minimum absolute atomic E-state index is 0.0336. The summed E-state index contributed by atoms with van der Waals surface area (Å²) in [4.78, 5) is 21.5. The van der Waals surface area contributed by atoms with Crippen molar-refractivity contribution in [2.75, 3.05) is 0 Å². The molecule has 0 bridgehead atoms. The van der Waals surface area contributed by atoms with E-state index in [0.29, 0.717) is 0 Å². The number of primary amides is 1. The summed E-state index contributed by atoms with van der Waals surface area (Å²) in [6, 6.07) is 0. The van der Waals surface area contributed by atoms with Crippen LogP contribution in [0.25, 0.3) is 0 Å². The fourth-order valence-corrected chi connectivity index (χ4v) is 1.33. The molecule has 0 aliphatic carbocycles. The molecule has 1 heterocycles. The second-order valence-electron chi connectivity index (χ2n) is 2.42. The lowest BCUT2D eigenvalue weighted by Crippen LogP contribution is -2.20. The van der Waals surface area contributed by atoms with Gasteiger partial charge in [-0.05, 0) is 0 Å². The van der Waals surface area contributed by atoms with E-state index in [4.69, 9.17) is 28.9 Å². The van der Waals surface area contributed by atoms with Crippen LogP contribution in [-0.4, -0.2) is 10.5 Å². The van der Waals surface area contributed by atoms with Gasteiger partial charge in [0, 0.05) is 12.4 Å². The highest BCUT2D eigenvalue weighted by Gasteiger charge is 2.04. The molecular weight excluding hydrogens is 215 g/mol. The predicted molar refractivity (Wildman–Crippen MR) is 49.9 cm³/mol. The maximum absolute atomic E-state index is 11.0. The van der Waals surface area contributed by atoms with E-state index in [9.17, 15) is 9.59 Å². The van der Waals surface area contributed by atoms with Crippen molar-refractivity contribution in [2.24, 2.45) is 5.73 Å². The zero-order valence-electron chi connectivity index (χ0n) is 6.46. The Morgan fingerprint density at radius 3 is 2.23 bits per heavy atom. The van der Waals surface area contributed by atoms with Crippen LogP contribution in [0.15, 0.2) is 17.2 Å². The second-order valence-corrected chi connectivity index (χ2v) is 3.24. The van der Waals surface area contributed by atoms with Gasteiger partial charge in [-0.15, -0.1) is 0 Å². The van der Waals surface area contributed by atoms with E-state index < -0.39 is 11.3 Å². The molecule has 1 amide bonds. The number of hydrogen-bond acceptors (Lipinski definition) is 2. The molecule has 0 aliphatic rings. The second kappa shape index (κ2) is 3.81. The first kappa shape index (κ1) is 10.1. The molecular formula is C7H6Cl2N2O2. The summed E-state index contributed by atoms with van der Waals surface area (Å²) in [5.74, 6) is -0.532.